The maximum Gasteiger partial charge on any atom is 0.141 e. The Bertz CT molecular complexity index is 832. The van der Waals surface area contributed by atoms with Crippen molar-refractivity contribution < 1.29 is 0 Å². The number of fused-ring (bicyclic) bond motifs is 1. The molecule has 0 radical (unpaired) electrons. The molecule has 104 valence electrons. The van der Waals surface area contributed by atoms with Crippen LogP contribution in [0.2, 0.25) is 0 Å². The maximum atomic E-state index is 5.52. The number of terminal acetylenes is 1. The number of aromatic amines is 1. The van der Waals surface area contributed by atoms with Gasteiger partial charge >= 0.3 is 0 Å². The lowest BCUT2D eigenvalue weighted by Gasteiger charge is -2.40. The molecule has 0 amide bonds. The first-order valence-corrected chi connectivity index (χ1v) is 7.09. The fourth-order valence-corrected chi connectivity index (χ4v) is 3.07. The number of hydrogen-bond donors (Lipinski definition) is 1. The molecular formula is C16H15N5. The van der Waals surface area contributed by atoms with Crippen LogP contribution < -0.4 is 0 Å². The average Bonchev–Trinajstić information content (AvgIpc) is 3.11. The third-order valence-electron chi connectivity index (χ3n) is 4.41. The number of nitrogens with zero attached hydrogens (tertiary/aromatic N) is 4. The van der Waals surface area contributed by atoms with Gasteiger partial charge in [0.25, 0.3) is 0 Å². The van der Waals surface area contributed by atoms with Crippen molar-refractivity contribution in [3.05, 3.63) is 31.0 Å². The largest absolute Gasteiger partial charge is 0.346 e. The minimum absolute atomic E-state index is 0.0112. The molecular weight excluding hydrogens is 262 g/mol. The SMILES string of the molecule is C#CCC1(n2cc(-c3ncnc4[nH]ccc34)cn2)CCC1. The molecule has 0 bridgehead atoms. The van der Waals surface area contributed by atoms with Gasteiger partial charge < -0.3 is 4.98 Å². The molecule has 3 heterocycles. The Hall–Kier alpha value is -2.61. The van der Waals surface area contributed by atoms with Gasteiger partial charge in [0.1, 0.15) is 12.0 Å². The molecule has 1 aliphatic carbocycles. The summed E-state index contributed by atoms with van der Waals surface area (Å²) in [5, 5.41) is 5.56. The van der Waals surface area contributed by atoms with Gasteiger partial charge in [-0.25, -0.2) is 9.97 Å². The van der Waals surface area contributed by atoms with Gasteiger partial charge in [0.15, 0.2) is 0 Å². The second kappa shape index (κ2) is 4.45. The highest BCUT2D eigenvalue weighted by atomic mass is 15.3. The second-order valence-corrected chi connectivity index (χ2v) is 5.59. The number of nitrogens with one attached hydrogen (secondary N) is 1. The summed E-state index contributed by atoms with van der Waals surface area (Å²) in [7, 11) is 0. The quantitative estimate of drug-likeness (QED) is 0.749. The number of rotatable bonds is 3. The van der Waals surface area contributed by atoms with E-state index in [4.69, 9.17) is 6.42 Å². The van der Waals surface area contributed by atoms with Gasteiger partial charge in [0, 0.05) is 29.8 Å². The van der Waals surface area contributed by atoms with E-state index in [0.717, 1.165) is 41.6 Å². The first-order valence-electron chi connectivity index (χ1n) is 7.09. The Morgan fingerprint density at radius 2 is 2.29 bits per heavy atom. The van der Waals surface area contributed by atoms with Crippen LogP contribution in [0.15, 0.2) is 31.0 Å². The molecule has 0 saturated heterocycles. The monoisotopic (exact) mass is 277 g/mol. The van der Waals surface area contributed by atoms with Gasteiger partial charge in [0.05, 0.1) is 17.4 Å². The van der Waals surface area contributed by atoms with Crippen LogP contribution in [-0.4, -0.2) is 24.7 Å². The van der Waals surface area contributed by atoms with E-state index in [9.17, 15) is 0 Å². The topological polar surface area (TPSA) is 59.4 Å². The summed E-state index contributed by atoms with van der Waals surface area (Å²) in [6.07, 6.45) is 17.0. The van der Waals surface area contributed by atoms with Crippen LogP contribution in [0, 0.1) is 12.3 Å². The van der Waals surface area contributed by atoms with Crippen molar-refractivity contribution in [3.8, 4) is 23.6 Å². The van der Waals surface area contributed by atoms with Crippen LogP contribution >= 0.6 is 0 Å². The molecule has 1 saturated carbocycles. The highest BCUT2D eigenvalue weighted by Gasteiger charge is 2.38. The van der Waals surface area contributed by atoms with Crippen molar-refractivity contribution in [3.63, 3.8) is 0 Å². The van der Waals surface area contributed by atoms with Crippen molar-refractivity contribution >= 4 is 11.0 Å². The van der Waals surface area contributed by atoms with Crippen LogP contribution in [0.1, 0.15) is 25.7 Å². The van der Waals surface area contributed by atoms with E-state index in [2.05, 4.69) is 32.2 Å². The molecule has 4 rings (SSSR count). The minimum atomic E-state index is 0.0112. The van der Waals surface area contributed by atoms with Crippen LogP contribution in [0.3, 0.4) is 0 Å². The molecule has 0 unspecified atom stereocenters. The van der Waals surface area contributed by atoms with Crippen LogP contribution in [0.4, 0.5) is 0 Å². The maximum absolute atomic E-state index is 5.52. The zero-order chi connectivity index (χ0) is 14.3. The molecule has 0 aromatic carbocycles. The van der Waals surface area contributed by atoms with E-state index >= 15 is 0 Å². The lowest BCUT2D eigenvalue weighted by atomic mass is 9.75. The summed E-state index contributed by atoms with van der Waals surface area (Å²) in [6.45, 7) is 0. The number of aromatic nitrogens is 5. The van der Waals surface area contributed by atoms with Crippen molar-refractivity contribution in [1.82, 2.24) is 24.7 Å². The second-order valence-electron chi connectivity index (χ2n) is 5.59. The highest BCUT2D eigenvalue weighted by molar-refractivity contribution is 5.89. The van der Waals surface area contributed by atoms with Gasteiger partial charge in [-0.15, -0.1) is 12.3 Å². The molecule has 3 aromatic rings. The van der Waals surface area contributed by atoms with Gasteiger partial charge in [-0.2, -0.15) is 5.10 Å². The van der Waals surface area contributed by atoms with Crippen molar-refractivity contribution in [2.24, 2.45) is 0 Å². The summed E-state index contributed by atoms with van der Waals surface area (Å²) < 4.78 is 2.03. The zero-order valence-electron chi connectivity index (χ0n) is 11.6. The minimum Gasteiger partial charge on any atom is -0.346 e. The van der Waals surface area contributed by atoms with Crippen LogP contribution in [0.5, 0.6) is 0 Å². The van der Waals surface area contributed by atoms with Crippen molar-refractivity contribution in [2.75, 3.05) is 0 Å². The summed E-state index contributed by atoms with van der Waals surface area (Å²) in [6, 6.07) is 1.99. The standard InChI is InChI=1S/C16H15N5/c1-2-5-16(6-3-7-16)21-10-12(9-20-21)14-13-4-8-17-15(13)19-11-18-14/h1,4,8-11H,3,5-7H2,(H,17,18,19). The van der Waals surface area contributed by atoms with Crippen molar-refractivity contribution in [1.29, 1.82) is 0 Å². The molecule has 1 aliphatic rings. The van der Waals surface area contributed by atoms with Gasteiger partial charge in [-0.05, 0) is 25.3 Å². The molecule has 0 atom stereocenters. The van der Waals surface area contributed by atoms with E-state index < -0.39 is 0 Å². The first kappa shape index (κ1) is 12.2. The van der Waals surface area contributed by atoms with E-state index in [1.165, 1.54) is 6.42 Å². The molecule has 5 heteroatoms. The van der Waals surface area contributed by atoms with E-state index in [-0.39, 0.29) is 5.54 Å². The van der Waals surface area contributed by atoms with Gasteiger partial charge in [0.2, 0.25) is 0 Å². The third kappa shape index (κ3) is 1.76. The van der Waals surface area contributed by atoms with E-state index in [1.54, 1.807) is 6.33 Å². The molecule has 0 spiro atoms. The fourth-order valence-electron chi connectivity index (χ4n) is 3.07. The predicted molar refractivity (Wildman–Crippen MR) is 80.4 cm³/mol. The smallest absolute Gasteiger partial charge is 0.141 e. The Balaban J connectivity index is 1.78. The van der Waals surface area contributed by atoms with Crippen LogP contribution in [-0.2, 0) is 5.54 Å². The fraction of sp³-hybridized carbons (Fsp3) is 0.312. The highest BCUT2D eigenvalue weighted by Crippen LogP contribution is 2.42. The summed E-state index contributed by atoms with van der Waals surface area (Å²) in [5.41, 5.74) is 2.76. The summed E-state index contributed by atoms with van der Waals surface area (Å²) >= 11 is 0. The summed E-state index contributed by atoms with van der Waals surface area (Å²) in [4.78, 5) is 11.7. The number of H-pyrrole nitrogens is 1. The molecule has 0 aliphatic heterocycles. The molecule has 1 fully saturated rings. The Labute approximate surface area is 122 Å². The van der Waals surface area contributed by atoms with Crippen molar-refractivity contribution in [2.45, 2.75) is 31.2 Å². The molecule has 3 aromatic heterocycles. The lowest BCUT2D eigenvalue weighted by Crippen LogP contribution is -2.40. The molecule has 21 heavy (non-hydrogen) atoms. The van der Waals surface area contributed by atoms with Gasteiger partial charge in [-0.1, -0.05) is 0 Å². The third-order valence-corrected chi connectivity index (χ3v) is 4.41. The molecule has 1 N–H and O–H groups in total. The van der Waals surface area contributed by atoms with E-state index in [1.807, 2.05) is 23.1 Å². The Morgan fingerprint density at radius 1 is 1.38 bits per heavy atom. The lowest BCUT2D eigenvalue weighted by molar-refractivity contribution is 0.131. The zero-order valence-corrected chi connectivity index (χ0v) is 11.6. The first-order chi connectivity index (χ1) is 10.3. The average molecular weight is 277 g/mol. The summed E-state index contributed by atoms with van der Waals surface area (Å²) in [5.74, 6) is 2.79. The molecule has 5 nitrogen and oxygen atoms in total. The normalized spacial score (nSPS) is 16.5. The van der Waals surface area contributed by atoms with Gasteiger partial charge in [-0.3, -0.25) is 4.68 Å². The Morgan fingerprint density at radius 3 is 3.05 bits per heavy atom. The Kier molecular flexibility index (Phi) is 2.58. The van der Waals surface area contributed by atoms with E-state index in [0.29, 0.717) is 0 Å². The number of hydrogen-bond acceptors (Lipinski definition) is 3. The predicted octanol–water partition coefficient (Wildman–Crippen LogP) is 2.72. The van der Waals surface area contributed by atoms with Crippen LogP contribution in [0.25, 0.3) is 22.3 Å².